The summed E-state index contributed by atoms with van der Waals surface area (Å²) in [5, 5.41) is 3.47. The zero-order chi connectivity index (χ0) is 19.4. The molecule has 2 aromatic carbocycles. The number of hydrogen-bond acceptors (Lipinski definition) is 4. The van der Waals surface area contributed by atoms with E-state index in [2.05, 4.69) is 10.3 Å². The second-order valence-electron chi connectivity index (χ2n) is 6.10. The van der Waals surface area contributed by atoms with Gasteiger partial charge in [0.1, 0.15) is 0 Å². The molecule has 1 heterocycles. The van der Waals surface area contributed by atoms with Crippen LogP contribution in [0.2, 0.25) is 0 Å². The number of anilines is 1. The van der Waals surface area contributed by atoms with Crippen molar-refractivity contribution in [2.24, 2.45) is 5.73 Å². The van der Waals surface area contributed by atoms with Crippen molar-refractivity contribution < 1.29 is 18.0 Å². The van der Waals surface area contributed by atoms with Crippen LogP contribution in [0.5, 0.6) is 0 Å². The van der Waals surface area contributed by atoms with Crippen LogP contribution in [-0.4, -0.2) is 10.9 Å². The van der Waals surface area contributed by atoms with Crippen molar-refractivity contribution in [2.75, 3.05) is 5.32 Å². The molecule has 27 heavy (non-hydrogen) atoms. The number of aromatic nitrogens is 1. The number of carbonyl (C=O) groups excluding carboxylic acids is 1. The fraction of sp³-hybridized carbons (Fsp3) is 0.263. The highest BCUT2D eigenvalue weighted by Gasteiger charge is 2.31. The number of thiazole rings is 1. The standard InChI is InChI=1S/C19H18F3N3OS/c20-19(21,22)13-8-12(11-23)9-14(10-13)24-17(26)6-3-7-18-25-15-4-1-2-5-16(15)27-18/h1-2,4-5,8-10H,3,6-7,11,23H2,(H,24,26). The monoisotopic (exact) mass is 393 g/mol. The molecule has 142 valence electrons. The van der Waals surface area contributed by atoms with Crippen LogP contribution in [0.1, 0.15) is 29.0 Å². The molecule has 0 radical (unpaired) electrons. The van der Waals surface area contributed by atoms with E-state index in [4.69, 9.17) is 5.73 Å². The fourth-order valence-corrected chi connectivity index (χ4v) is 3.71. The van der Waals surface area contributed by atoms with E-state index in [0.717, 1.165) is 27.4 Å². The van der Waals surface area contributed by atoms with Crippen LogP contribution in [0.15, 0.2) is 42.5 Å². The summed E-state index contributed by atoms with van der Waals surface area (Å²) in [7, 11) is 0. The molecule has 0 aliphatic heterocycles. The summed E-state index contributed by atoms with van der Waals surface area (Å²) in [6.07, 6.45) is -3.08. The molecule has 0 fully saturated rings. The second kappa shape index (κ2) is 8.06. The minimum Gasteiger partial charge on any atom is -0.326 e. The Hall–Kier alpha value is -2.45. The molecule has 0 saturated carbocycles. The van der Waals surface area contributed by atoms with Crippen molar-refractivity contribution in [2.45, 2.75) is 32.0 Å². The first-order valence-corrected chi connectivity index (χ1v) is 9.22. The van der Waals surface area contributed by atoms with Gasteiger partial charge in [0, 0.05) is 18.7 Å². The summed E-state index contributed by atoms with van der Waals surface area (Å²) in [6.45, 7) is -0.0373. The van der Waals surface area contributed by atoms with E-state index < -0.39 is 11.7 Å². The number of benzene rings is 2. The molecule has 3 aromatic rings. The molecule has 0 aliphatic rings. The maximum atomic E-state index is 12.9. The number of carbonyl (C=O) groups is 1. The molecule has 3 rings (SSSR count). The van der Waals surface area contributed by atoms with Crippen LogP contribution >= 0.6 is 11.3 Å². The van der Waals surface area contributed by atoms with E-state index in [0.29, 0.717) is 18.4 Å². The summed E-state index contributed by atoms with van der Waals surface area (Å²) in [4.78, 5) is 16.6. The zero-order valence-corrected chi connectivity index (χ0v) is 15.2. The molecule has 1 amide bonds. The van der Waals surface area contributed by atoms with E-state index >= 15 is 0 Å². The number of nitrogens with zero attached hydrogens (tertiary/aromatic N) is 1. The van der Waals surface area contributed by atoms with Crippen molar-refractivity contribution in [1.82, 2.24) is 4.98 Å². The topological polar surface area (TPSA) is 68.0 Å². The van der Waals surface area contributed by atoms with Crippen molar-refractivity contribution >= 4 is 33.1 Å². The maximum Gasteiger partial charge on any atom is 0.416 e. The summed E-state index contributed by atoms with van der Waals surface area (Å²) >= 11 is 1.58. The molecule has 0 spiro atoms. The van der Waals surface area contributed by atoms with Crippen molar-refractivity contribution in [1.29, 1.82) is 0 Å². The molecule has 8 heteroatoms. The number of rotatable bonds is 6. The summed E-state index contributed by atoms with van der Waals surface area (Å²) < 4.78 is 39.9. The predicted octanol–water partition coefficient (Wildman–Crippen LogP) is 4.74. The van der Waals surface area contributed by atoms with Crippen LogP contribution < -0.4 is 11.1 Å². The van der Waals surface area contributed by atoms with Crippen LogP contribution in [0, 0.1) is 0 Å². The van der Waals surface area contributed by atoms with Gasteiger partial charge < -0.3 is 11.1 Å². The number of nitrogens with one attached hydrogen (secondary N) is 1. The number of hydrogen-bond donors (Lipinski definition) is 2. The number of halogens is 3. The Balaban J connectivity index is 1.59. The Labute approximate surface area is 158 Å². The van der Waals surface area contributed by atoms with Gasteiger partial charge in [-0.15, -0.1) is 11.3 Å². The Morgan fingerprint density at radius 1 is 1.19 bits per heavy atom. The minimum absolute atomic E-state index is 0.0373. The van der Waals surface area contributed by atoms with Gasteiger partial charge in [-0.25, -0.2) is 4.98 Å². The van der Waals surface area contributed by atoms with Crippen LogP contribution in [-0.2, 0) is 23.9 Å². The van der Waals surface area contributed by atoms with Gasteiger partial charge in [-0.3, -0.25) is 4.79 Å². The van der Waals surface area contributed by atoms with Crippen molar-refractivity contribution in [3.05, 3.63) is 58.6 Å². The number of para-hydroxylation sites is 1. The van der Waals surface area contributed by atoms with Crippen molar-refractivity contribution in [3.8, 4) is 0 Å². The third-order valence-corrected chi connectivity index (χ3v) is 5.07. The van der Waals surface area contributed by atoms with Crippen LogP contribution in [0.3, 0.4) is 0 Å². The lowest BCUT2D eigenvalue weighted by Gasteiger charge is -2.12. The van der Waals surface area contributed by atoms with Gasteiger partial charge >= 0.3 is 6.18 Å². The highest BCUT2D eigenvalue weighted by Crippen LogP contribution is 2.32. The largest absolute Gasteiger partial charge is 0.416 e. The molecule has 4 nitrogen and oxygen atoms in total. The quantitative estimate of drug-likeness (QED) is 0.636. The average molecular weight is 393 g/mol. The number of alkyl halides is 3. The number of aryl methyl sites for hydroxylation is 1. The van der Waals surface area contributed by atoms with Crippen LogP contribution in [0.4, 0.5) is 18.9 Å². The van der Waals surface area contributed by atoms with E-state index in [1.54, 1.807) is 11.3 Å². The van der Waals surface area contributed by atoms with E-state index in [-0.39, 0.29) is 24.6 Å². The summed E-state index contributed by atoms with van der Waals surface area (Å²) in [5.41, 5.74) is 5.98. The van der Waals surface area contributed by atoms with Gasteiger partial charge in [0.15, 0.2) is 0 Å². The molecule has 1 aromatic heterocycles. The normalized spacial score (nSPS) is 11.7. The minimum atomic E-state index is -4.49. The predicted molar refractivity (Wildman–Crippen MR) is 101 cm³/mol. The first kappa shape index (κ1) is 19.3. The number of amides is 1. The first-order valence-electron chi connectivity index (χ1n) is 8.40. The Morgan fingerprint density at radius 3 is 2.67 bits per heavy atom. The van der Waals surface area contributed by atoms with Crippen LogP contribution in [0.25, 0.3) is 10.2 Å². The average Bonchev–Trinajstić information content (AvgIpc) is 3.03. The molecule has 0 atom stereocenters. The van der Waals surface area contributed by atoms with E-state index in [1.807, 2.05) is 24.3 Å². The lowest BCUT2D eigenvalue weighted by atomic mass is 10.1. The molecule has 3 N–H and O–H groups in total. The first-order chi connectivity index (χ1) is 12.8. The summed E-state index contributed by atoms with van der Waals surface area (Å²) in [6, 6.07) is 11.2. The molecule has 0 aliphatic carbocycles. The lowest BCUT2D eigenvalue weighted by molar-refractivity contribution is -0.137. The van der Waals surface area contributed by atoms with Gasteiger partial charge in [0.25, 0.3) is 0 Å². The van der Waals surface area contributed by atoms with Gasteiger partial charge in [-0.2, -0.15) is 13.2 Å². The number of fused-ring (bicyclic) bond motifs is 1. The smallest absolute Gasteiger partial charge is 0.326 e. The molecule has 0 saturated heterocycles. The lowest BCUT2D eigenvalue weighted by Crippen LogP contribution is -2.14. The van der Waals surface area contributed by atoms with E-state index in [1.165, 1.54) is 6.07 Å². The fourth-order valence-electron chi connectivity index (χ4n) is 2.70. The third kappa shape index (κ3) is 5.05. The molecular weight excluding hydrogens is 375 g/mol. The maximum absolute atomic E-state index is 12.9. The summed E-state index contributed by atoms with van der Waals surface area (Å²) in [5.74, 6) is -0.335. The van der Waals surface area contributed by atoms with E-state index in [9.17, 15) is 18.0 Å². The molecule has 0 unspecified atom stereocenters. The highest BCUT2D eigenvalue weighted by molar-refractivity contribution is 7.18. The highest BCUT2D eigenvalue weighted by atomic mass is 32.1. The zero-order valence-electron chi connectivity index (χ0n) is 14.3. The molecule has 0 bridgehead atoms. The SMILES string of the molecule is NCc1cc(NC(=O)CCCc2nc3ccccc3s2)cc(C(F)(F)F)c1. The Morgan fingerprint density at radius 2 is 1.96 bits per heavy atom. The van der Waals surface area contributed by atoms with Gasteiger partial charge in [-0.1, -0.05) is 12.1 Å². The van der Waals surface area contributed by atoms with Crippen molar-refractivity contribution in [3.63, 3.8) is 0 Å². The molecular formula is C19H18F3N3OS. The number of nitrogens with two attached hydrogens (primary N) is 1. The second-order valence-corrected chi connectivity index (χ2v) is 7.21. The third-order valence-electron chi connectivity index (χ3n) is 3.97. The van der Waals surface area contributed by atoms with Gasteiger partial charge in [-0.05, 0) is 48.7 Å². The van der Waals surface area contributed by atoms with Gasteiger partial charge in [0.2, 0.25) is 5.91 Å². The Bertz CT molecular complexity index is 920. The van der Waals surface area contributed by atoms with Gasteiger partial charge in [0.05, 0.1) is 20.8 Å². The Kier molecular flexibility index (Phi) is 5.76.